The Labute approximate surface area is 163 Å². The number of fused-ring (bicyclic) bond motifs is 1. The molecule has 0 amide bonds. The average Bonchev–Trinajstić information content (AvgIpc) is 2.70. The lowest BCUT2D eigenvalue weighted by atomic mass is 10.2. The van der Waals surface area contributed by atoms with Crippen LogP contribution in [0.3, 0.4) is 0 Å². The summed E-state index contributed by atoms with van der Waals surface area (Å²) in [5.74, 6) is 1.33. The summed E-state index contributed by atoms with van der Waals surface area (Å²) in [7, 11) is 0. The van der Waals surface area contributed by atoms with Gasteiger partial charge in [0.2, 0.25) is 5.95 Å². The number of aromatic nitrogens is 2. The molecule has 0 aliphatic carbocycles. The summed E-state index contributed by atoms with van der Waals surface area (Å²) in [5.41, 5.74) is 3.96. The molecule has 4 aromatic rings. The van der Waals surface area contributed by atoms with Crippen molar-refractivity contribution in [3.63, 3.8) is 0 Å². The minimum absolute atomic E-state index is 0.532. The molecule has 2 N–H and O–H groups in total. The quantitative estimate of drug-likeness (QED) is 0.453. The van der Waals surface area contributed by atoms with E-state index >= 15 is 0 Å². The smallest absolute Gasteiger partial charge is 0.229 e. The van der Waals surface area contributed by atoms with Crippen molar-refractivity contribution in [1.82, 2.24) is 9.97 Å². The van der Waals surface area contributed by atoms with E-state index in [9.17, 15) is 0 Å². The van der Waals surface area contributed by atoms with Crippen LogP contribution in [0.15, 0.2) is 72.8 Å². The highest BCUT2D eigenvalue weighted by molar-refractivity contribution is 6.31. The van der Waals surface area contributed by atoms with Gasteiger partial charge in [0.1, 0.15) is 5.82 Å². The summed E-state index contributed by atoms with van der Waals surface area (Å²) >= 11 is 6.23. The van der Waals surface area contributed by atoms with Gasteiger partial charge in [-0.3, -0.25) is 0 Å². The van der Waals surface area contributed by atoms with Gasteiger partial charge in [-0.25, -0.2) is 4.98 Å². The highest BCUT2D eigenvalue weighted by Gasteiger charge is 2.08. The fourth-order valence-electron chi connectivity index (χ4n) is 2.85. The third-order valence-corrected chi connectivity index (χ3v) is 4.74. The van der Waals surface area contributed by atoms with Crippen molar-refractivity contribution in [2.75, 3.05) is 10.6 Å². The third-order valence-electron chi connectivity index (χ3n) is 4.33. The number of hydrogen-bond donors (Lipinski definition) is 2. The molecule has 4 nitrogen and oxygen atoms in total. The zero-order chi connectivity index (χ0) is 18.6. The SMILES string of the molecule is Cc1ccc(Nc2nc(NCc3ccccc3)c3ccccc3n2)cc1Cl. The normalized spacial score (nSPS) is 10.7. The summed E-state index contributed by atoms with van der Waals surface area (Å²) in [6, 6.07) is 24.0. The number of benzene rings is 3. The summed E-state index contributed by atoms with van der Waals surface area (Å²) < 4.78 is 0. The molecule has 5 heteroatoms. The number of nitrogens with zero attached hydrogens (tertiary/aromatic N) is 2. The third kappa shape index (κ3) is 4.01. The Morgan fingerprint density at radius 3 is 2.48 bits per heavy atom. The zero-order valence-corrected chi connectivity index (χ0v) is 15.7. The van der Waals surface area contributed by atoms with E-state index in [1.807, 2.05) is 67.6 Å². The van der Waals surface area contributed by atoms with Crippen molar-refractivity contribution in [1.29, 1.82) is 0 Å². The Morgan fingerprint density at radius 1 is 0.889 bits per heavy atom. The molecule has 1 heterocycles. The Morgan fingerprint density at radius 2 is 1.67 bits per heavy atom. The zero-order valence-electron chi connectivity index (χ0n) is 14.9. The predicted octanol–water partition coefficient (Wildman–Crippen LogP) is 5.95. The fourth-order valence-corrected chi connectivity index (χ4v) is 3.03. The van der Waals surface area contributed by atoms with Gasteiger partial charge in [0.05, 0.1) is 5.52 Å². The second-order valence-corrected chi connectivity index (χ2v) is 6.75. The van der Waals surface area contributed by atoms with Crippen LogP contribution >= 0.6 is 11.6 Å². The number of hydrogen-bond acceptors (Lipinski definition) is 4. The monoisotopic (exact) mass is 374 g/mol. The maximum absolute atomic E-state index is 6.23. The maximum Gasteiger partial charge on any atom is 0.229 e. The van der Waals surface area contributed by atoms with Crippen molar-refractivity contribution in [3.8, 4) is 0 Å². The number of halogens is 1. The van der Waals surface area contributed by atoms with E-state index in [1.54, 1.807) is 0 Å². The van der Waals surface area contributed by atoms with Gasteiger partial charge in [-0.05, 0) is 42.3 Å². The van der Waals surface area contributed by atoms with Crippen LogP contribution < -0.4 is 10.6 Å². The van der Waals surface area contributed by atoms with E-state index in [2.05, 4.69) is 32.7 Å². The van der Waals surface area contributed by atoms with E-state index < -0.39 is 0 Å². The molecule has 0 atom stereocenters. The minimum atomic E-state index is 0.532. The highest BCUT2D eigenvalue weighted by atomic mass is 35.5. The van der Waals surface area contributed by atoms with Gasteiger partial charge in [0.25, 0.3) is 0 Å². The topological polar surface area (TPSA) is 49.8 Å². The van der Waals surface area contributed by atoms with Crippen LogP contribution in [0.25, 0.3) is 10.9 Å². The number of nitrogens with one attached hydrogen (secondary N) is 2. The first kappa shape index (κ1) is 17.3. The molecule has 0 bridgehead atoms. The molecule has 4 rings (SSSR count). The van der Waals surface area contributed by atoms with Gasteiger partial charge in [-0.1, -0.05) is 60.1 Å². The average molecular weight is 375 g/mol. The fraction of sp³-hybridized carbons (Fsp3) is 0.0909. The van der Waals surface area contributed by atoms with Crippen molar-refractivity contribution in [3.05, 3.63) is 88.9 Å². The molecule has 1 aromatic heterocycles. The number of anilines is 3. The largest absolute Gasteiger partial charge is 0.365 e. The van der Waals surface area contributed by atoms with Crippen LogP contribution in [0.4, 0.5) is 17.5 Å². The molecular weight excluding hydrogens is 356 g/mol. The van der Waals surface area contributed by atoms with Gasteiger partial charge < -0.3 is 10.6 Å². The van der Waals surface area contributed by atoms with Gasteiger partial charge in [0.15, 0.2) is 0 Å². The summed E-state index contributed by atoms with van der Waals surface area (Å²) in [5, 5.41) is 8.39. The van der Waals surface area contributed by atoms with Crippen LogP contribution in [-0.4, -0.2) is 9.97 Å². The maximum atomic E-state index is 6.23. The van der Waals surface area contributed by atoms with Crippen molar-refractivity contribution in [2.24, 2.45) is 0 Å². The Balaban J connectivity index is 1.66. The molecule has 0 unspecified atom stereocenters. The standard InChI is InChI=1S/C22H19ClN4/c1-15-11-12-17(13-19(15)23)25-22-26-20-10-6-5-9-18(20)21(27-22)24-14-16-7-3-2-4-8-16/h2-13H,14H2,1H3,(H2,24,25,26,27). The minimum Gasteiger partial charge on any atom is -0.365 e. The summed E-state index contributed by atoms with van der Waals surface area (Å²) in [4.78, 5) is 9.32. The van der Waals surface area contributed by atoms with Crippen molar-refractivity contribution in [2.45, 2.75) is 13.5 Å². The van der Waals surface area contributed by atoms with Crippen molar-refractivity contribution >= 4 is 40.0 Å². The molecule has 3 aromatic carbocycles. The van der Waals surface area contributed by atoms with E-state index in [-0.39, 0.29) is 0 Å². The van der Waals surface area contributed by atoms with Gasteiger partial charge >= 0.3 is 0 Å². The second-order valence-electron chi connectivity index (χ2n) is 6.34. The number of rotatable bonds is 5. The van der Waals surface area contributed by atoms with E-state index in [0.29, 0.717) is 17.5 Å². The van der Waals surface area contributed by atoms with E-state index in [4.69, 9.17) is 11.6 Å². The summed E-state index contributed by atoms with van der Waals surface area (Å²) in [6.07, 6.45) is 0. The van der Waals surface area contributed by atoms with E-state index in [1.165, 1.54) is 5.56 Å². The van der Waals surface area contributed by atoms with Gasteiger partial charge in [-0.15, -0.1) is 0 Å². The Hall–Kier alpha value is -3.11. The molecule has 0 fully saturated rings. The molecule has 0 radical (unpaired) electrons. The number of aryl methyl sites for hydroxylation is 1. The molecule has 0 aliphatic heterocycles. The van der Waals surface area contributed by atoms with Crippen LogP contribution in [0.2, 0.25) is 5.02 Å². The summed E-state index contributed by atoms with van der Waals surface area (Å²) in [6.45, 7) is 2.67. The van der Waals surface area contributed by atoms with E-state index in [0.717, 1.165) is 28.0 Å². The lowest BCUT2D eigenvalue weighted by Crippen LogP contribution is -2.05. The Kier molecular flexibility index (Phi) is 4.90. The van der Waals surface area contributed by atoms with Crippen LogP contribution in [0.1, 0.15) is 11.1 Å². The molecule has 0 saturated carbocycles. The first-order valence-corrected chi connectivity index (χ1v) is 9.14. The predicted molar refractivity (Wildman–Crippen MR) is 113 cm³/mol. The van der Waals surface area contributed by atoms with Crippen LogP contribution in [-0.2, 0) is 6.54 Å². The molecule has 0 aliphatic rings. The lowest BCUT2D eigenvalue weighted by Gasteiger charge is -2.12. The first-order valence-electron chi connectivity index (χ1n) is 8.77. The molecule has 0 saturated heterocycles. The lowest BCUT2D eigenvalue weighted by molar-refractivity contribution is 1.10. The second kappa shape index (κ2) is 7.64. The molecule has 134 valence electrons. The molecule has 0 spiro atoms. The van der Waals surface area contributed by atoms with Gasteiger partial charge in [-0.2, -0.15) is 4.98 Å². The van der Waals surface area contributed by atoms with Gasteiger partial charge in [0, 0.05) is 22.6 Å². The molecule has 27 heavy (non-hydrogen) atoms. The first-order chi connectivity index (χ1) is 13.2. The van der Waals surface area contributed by atoms with Crippen LogP contribution in [0, 0.1) is 6.92 Å². The Bertz CT molecular complexity index is 1080. The number of para-hydroxylation sites is 1. The van der Waals surface area contributed by atoms with Crippen LogP contribution in [0.5, 0.6) is 0 Å². The highest BCUT2D eigenvalue weighted by Crippen LogP contribution is 2.26. The molecular formula is C22H19ClN4. The van der Waals surface area contributed by atoms with Crippen molar-refractivity contribution < 1.29 is 0 Å².